The van der Waals surface area contributed by atoms with Crippen LogP contribution in [0.1, 0.15) is 42.4 Å². The van der Waals surface area contributed by atoms with Crippen molar-refractivity contribution in [3.63, 3.8) is 0 Å². The topological polar surface area (TPSA) is 219 Å². The monoisotopic (exact) mass is 561 g/mol. The van der Waals surface area contributed by atoms with Gasteiger partial charge in [-0.15, -0.1) is 0 Å². The number of aliphatic hydroxyl groups excluding tert-OH is 3. The van der Waals surface area contributed by atoms with Crippen LogP contribution < -0.4 is 21.3 Å². The third-order valence-electron chi connectivity index (χ3n) is 5.87. The molecular weight excluding hydrogens is 526 g/mol. The van der Waals surface area contributed by atoms with Gasteiger partial charge in [-0.25, -0.2) is 4.79 Å². The number of hydrogen-bond donors (Lipinski definition) is 8. The summed E-state index contributed by atoms with van der Waals surface area (Å²) in [5.74, 6) is -4.03. The molecule has 0 aliphatic heterocycles. The molecule has 218 valence electrons. The van der Waals surface area contributed by atoms with Gasteiger partial charge in [-0.1, -0.05) is 30.3 Å². The Balaban J connectivity index is 2.15. The molecule has 6 unspecified atom stereocenters. The van der Waals surface area contributed by atoms with Crippen LogP contribution in [0.4, 0.5) is 0 Å². The minimum atomic E-state index is -1.51. The molecule has 0 fully saturated rings. The molecular formula is C26H35N5O9. The first-order valence-corrected chi connectivity index (χ1v) is 12.4. The Kier molecular flexibility index (Phi) is 12.3. The number of rotatable bonds is 14. The van der Waals surface area contributed by atoms with Crippen molar-refractivity contribution in [3.8, 4) is 0 Å². The number of aromatic amines is 1. The van der Waals surface area contributed by atoms with Gasteiger partial charge in [-0.3, -0.25) is 19.2 Å². The van der Waals surface area contributed by atoms with E-state index in [2.05, 4.69) is 31.0 Å². The summed E-state index contributed by atoms with van der Waals surface area (Å²) in [6, 6.07) is 6.10. The minimum Gasteiger partial charge on any atom is -0.467 e. The van der Waals surface area contributed by atoms with E-state index in [-0.39, 0.29) is 12.1 Å². The summed E-state index contributed by atoms with van der Waals surface area (Å²) < 4.78 is 4.60. The minimum absolute atomic E-state index is 0.143. The average molecular weight is 562 g/mol. The number of carbonyl (C=O) groups excluding carboxylic acids is 5. The maximum Gasteiger partial charge on any atom is 0.331 e. The Morgan fingerprint density at radius 1 is 0.850 bits per heavy atom. The van der Waals surface area contributed by atoms with Gasteiger partial charge in [0.1, 0.15) is 17.8 Å². The number of ether oxygens (including phenoxy) is 1. The molecule has 1 aromatic heterocycles. The van der Waals surface area contributed by atoms with Gasteiger partial charge in [-0.05, 0) is 31.5 Å². The summed E-state index contributed by atoms with van der Waals surface area (Å²) in [5.41, 5.74) is 0.643. The van der Waals surface area contributed by atoms with Crippen molar-refractivity contribution in [2.24, 2.45) is 0 Å². The van der Waals surface area contributed by atoms with Gasteiger partial charge in [-0.2, -0.15) is 0 Å². The van der Waals surface area contributed by atoms with Crippen molar-refractivity contribution in [1.82, 2.24) is 26.3 Å². The maximum absolute atomic E-state index is 13.1. The van der Waals surface area contributed by atoms with E-state index in [4.69, 9.17) is 0 Å². The van der Waals surface area contributed by atoms with Gasteiger partial charge in [0.25, 0.3) is 5.91 Å². The fourth-order valence-corrected chi connectivity index (χ4v) is 3.68. The Hall–Kier alpha value is -4.27. The van der Waals surface area contributed by atoms with Crippen LogP contribution in [0.15, 0.2) is 48.7 Å². The number of esters is 1. The molecule has 2 aromatic rings. The summed E-state index contributed by atoms with van der Waals surface area (Å²) in [6.45, 7) is 1.73. The number of benzene rings is 1. The first-order valence-electron chi connectivity index (χ1n) is 12.4. The van der Waals surface area contributed by atoms with Crippen molar-refractivity contribution >= 4 is 29.6 Å². The predicted molar refractivity (Wildman–Crippen MR) is 140 cm³/mol. The van der Waals surface area contributed by atoms with E-state index >= 15 is 0 Å². The molecule has 6 atom stereocenters. The van der Waals surface area contributed by atoms with Crippen LogP contribution in [-0.4, -0.2) is 94.0 Å². The number of aromatic nitrogens is 1. The number of carbonyl (C=O) groups is 5. The van der Waals surface area contributed by atoms with Crippen LogP contribution >= 0.6 is 0 Å². The summed E-state index contributed by atoms with van der Waals surface area (Å²) in [6.07, 6.45) is -1.47. The van der Waals surface area contributed by atoms with E-state index in [1.54, 1.807) is 36.4 Å². The average Bonchev–Trinajstić information content (AvgIpc) is 3.47. The lowest BCUT2D eigenvalue weighted by molar-refractivity contribution is -0.148. The quantitative estimate of drug-likeness (QED) is 0.123. The lowest BCUT2D eigenvalue weighted by Crippen LogP contribution is -2.58. The van der Waals surface area contributed by atoms with Gasteiger partial charge in [0.2, 0.25) is 17.7 Å². The second-order valence-electron chi connectivity index (χ2n) is 9.00. The second kappa shape index (κ2) is 15.4. The predicted octanol–water partition coefficient (Wildman–Crippen LogP) is -1.74. The second-order valence-corrected chi connectivity index (χ2v) is 9.00. The van der Waals surface area contributed by atoms with E-state index in [1.165, 1.54) is 26.1 Å². The zero-order chi connectivity index (χ0) is 29.8. The fraction of sp³-hybridized carbons (Fsp3) is 0.423. The van der Waals surface area contributed by atoms with Crippen LogP contribution in [-0.2, 0) is 23.9 Å². The molecule has 1 aromatic carbocycles. The molecule has 0 radical (unpaired) electrons. The third kappa shape index (κ3) is 9.18. The van der Waals surface area contributed by atoms with Crippen molar-refractivity contribution in [2.45, 2.75) is 56.6 Å². The SMILES string of the molecule is COC(=O)C(NC(=O)CC(NC(=O)C(CO)NC(=O)C(NC(=O)c1ccc[nH]1)C(C)O)c1ccccc1)C(C)O. The summed E-state index contributed by atoms with van der Waals surface area (Å²) in [4.78, 5) is 65.6. The third-order valence-corrected chi connectivity index (χ3v) is 5.87. The van der Waals surface area contributed by atoms with Crippen molar-refractivity contribution in [2.75, 3.05) is 13.7 Å². The normalized spacial score (nSPS) is 15.3. The number of amides is 4. The smallest absolute Gasteiger partial charge is 0.331 e. The van der Waals surface area contributed by atoms with Gasteiger partial charge < -0.3 is 46.3 Å². The zero-order valence-corrected chi connectivity index (χ0v) is 22.3. The maximum atomic E-state index is 13.1. The standard InChI is InChI=1S/C26H35N5O9/c1-14(33)21(31-23(36)17-10-7-11-27-17)25(38)29-19(13-32)24(37)28-18(16-8-5-4-6-9-16)12-20(35)30-22(15(2)34)26(39)40-3/h4-11,14-15,18-19,21-22,27,32-34H,12-13H2,1-3H3,(H,28,37)(H,29,38)(H,30,35)(H,31,36). The molecule has 2 rings (SSSR count). The molecule has 14 heteroatoms. The van der Waals surface area contributed by atoms with Gasteiger partial charge in [0.05, 0.1) is 38.4 Å². The highest BCUT2D eigenvalue weighted by Crippen LogP contribution is 2.17. The highest BCUT2D eigenvalue weighted by molar-refractivity contribution is 5.97. The first-order chi connectivity index (χ1) is 19.0. The number of H-pyrrole nitrogens is 1. The van der Waals surface area contributed by atoms with Crippen molar-refractivity contribution in [1.29, 1.82) is 0 Å². The van der Waals surface area contributed by atoms with E-state index in [9.17, 15) is 39.3 Å². The lowest BCUT2D eigenvalue weighted by Gasteiger charge is -2.26. The molecule has 0 saturated heterocycles. The van der Waals surface area contributed by atoms with E-state index in [0.29, 0.717) is 5.56 Å². The van der Waals surface area contributed by atoms with Crippen molar-refractivity contribution < 1.29 is 44.0 Å². The van der Waals surface area contributed by atoms with E-state index in [1.807, 2.05) is 0 Å². The summed E-state index contributed by atoms with van der Waals surface area (Å²) in [5, 5.41) is 39.4. The molecule has 14 nitrogen and oxygen atoms in total. The Labute approximate surface area is 230 Å². The first kappa shape index (κ1) is 31.9. The van der Waals surface area contributed by atoms with E-state index in [0.717, 1.165) is 7.11 Å². The molecule has 0 aliphatic rings. The Bertz CT molecular complexity index is 1140. The molecule has 0 spiro atoms. The summed E-state index contributed by atoms with van der Waals surface area (Å²) in [7, 11) is 1.10. The largest absolute Gasteiger partial charge is 0.467 e. The Morgan fingerprint density at radius 2 is 1.50 bits per heavy atom. The van der Waals surface area contributed by atoms with Crippen LogP contribution in [0.5, 0.6) is 0 Å². The van der Waals surface area contributed by atoms with Crippen LogP contribution in [0.3, 0.4) is 0 Å². The van der Waals surface area contributed by atoms with Gasteiger partial charge >= 0.3 is 5.97 Å². The van der Waals surface area contributed by atoms with E-state index < -0.39 is 72.6 Å². The number of aliphatic hydroxyl groups is 3. The zero-order valence-electron chi connectivity index (χ0n) is 22.3. The number of methoxy groups -OCH3 is 1. The highest BCUT2D eigenvalue weighted by Gasteiger charge is 2.32. The Morgan fingerprint density at radius 3 is 2.02 bits per heavy atom. The molecule has 0 aliphatic carbocycles. The molecule has 8 N–H and O–H groups in total. The van der Waals surface area contributed by atoms with Crippen LogP contribution in [0.25, 0.3) is 0 Å². The van der Waals surface area contributed by atoms with Crippen LogP contribution in [0, 0.1) is 0 Å². The number of nitrogens with one attached hydrogen (secondary N) is 5. The van der Waals surface area contributed by atoms with Gasteiger partial charge in [0.15, 0.2) is 6.04 Å². The molecule has 0 saturated carbocycles. The lowest BCUT2D eigenvalue weighted by atomic mass is 10.0. The molecule has 40 heavy (non-hydrogen) atoms. The number of hydrogen-bond acceptors (Lipinski definition) is 9. The van der Waals surface area contributed by atoms with Crippen molar-refractivity contribution in [3.05, 3.63) is 59.9 Å². The van der Waals surface area contributed by atoms with Crippen LogP contribution in [0.2, 0.25) is 0 Å². The molecule has 4 amide bonds. The fourth-order valence-electron chi connectivity index (χ4n) is 3.68. The van der Waals surface area contributed by atoms with Gasteiger partial charge in [0, 0.05) is 6.20 Å². The molecule has 1 heterocycles. The highest BCUT2D eigenvalue weighted by atomic mass is 16.5. The summed E-state index contributed by atoms with van der Waals surface area (Å²) >= 11 is 0. The molecule has 0 bridgehead atoms.